The molecule has 0 radical (unpaired) electrons. The fourth-order valence-corrected chi connectivity index (χ4v) is 2.85. The molecule has 0 aliphatic carbocycles. The number of nitrogens with zero attached hydrogens (tertiary/aromatic N) is 1. The summed E-state index contributed by atoms with van der Waals surface area (Å²) < 4.78 is 0. The molecule has 5 heteroatoms. The zero-order chi connectivity index (χ0) is 14.5. The van der Waals surface area contributed by atoms with Gasteiger partial charge in [-0.3, -0.25) is 4.79 Å². The van der Waals surface area contributed by atoms with Crippen molar-refractivity contribution in [1.29, 1.82) is 0 Å². The average molecular weight is 306 g/mol. The molecular formula is C15H18N2OS2. The van der Waals surface area contributed by atoms with Crippen LogP contribution in [0.2, 0.25) is 0 Å². The highest BCUT2D eigenvalue weighted by Crippen LogP contribution is 2.20. The third kappa shape index (κ3) is 4.08. The van der Waals surface area contributed by atoms with Crippen molar-refractivity contribution in [3.8, 4) is 0 Å². The van der Waals surface area contributed by atoms with Gasteiger partial charge in [-0.25, -0.2) is 4.98 Å². The predicted octanol–water partition coefficient (Wildman–Crippen LogP) is 3.41. The Bertz CT molecular complexity index is 578. The molecule has 0 bridgehead atoms. The zero-order valence-electron chi connectivity index (χ0n) is 11.6. The van der Waals surface area contributed by atoms with Crippen molar-refractivity contribution in [2.24, 2.45) is 0 Å². The van der Waals surface area contributed by atoms with Crippen molar-refractivity contribution in [2.75, 3.05) is 0 Å². The topological polar surface area (TPSA) is 42.0 Å². The number of rotatable bonds is 5. The Kier molecular flexibility index (Phi) is 5.20. The van der Waals surface area contributed by atoms with Crippen LogP contribution in [0, 0.1) is 0 Å². The van der Waals surface area contributed by atoms with Crippen LogP contribution in [-0.2, 0) is 17.6 Å². The van der Waals surface area contributed by atoms with Gasteiger partial charge in [0.25, 0.3) is 0 Å². The molecule has 1 unspecified atom stereocenters. The average Bonchev–Trinajstić information content (AvgIpc) is 2.90. The van der Waals surface area contributed by atoms with Gasteiger partial charge in [0, 0.05) is 16.0 Å². The lowest BCUT2D eigenvalue weighted by Crippen LogP contribution is -2.28. The molecule has 3 nitrogen and oxygen atoms in total. The van der Waals surface area contributed by atoms with Gasteiger partial charge in [-0.2, -0.15) is 0 Å². The van der Waals surface area contributed by atoms with Crippen molar-refractivity contribution >= 4 is 29.9 Å². The van der Waals surface area contributed by atoms with E-state index in [9.17, 15) is 4.79 Å². The quantitative estimate of drug-likeness (QED) is 0.831. The number of carbonyl (C=O) groups is 1. The van der Waals surface area contributed by atoms with Crippen LogP contribution in [0.25, 0.3) is 0 Å². The molecule has 1 aromatic carbocycles. The minimum Gasteiger partial charge on any atom is -0.347 e. The van der Waals surface area contributed by atoms with Crippen LogP contribution in [0.4, 0.5) is 0 Å². The van der Waals surface area contributed by atoms with Crippen LogP contribution in [0.5, 0.6) is 0 Å². The van der Waals surface area contributed by atoms with E-state index in [0.29, 0.717) is 6.42 Å². The lowest BCUT2D eigenvalue weighted by molar-refractivity contribution is -0.121. The second-order valence-electron chi connectivity index (χ2n) is 4.65. The van der Waals surface area contributed by atoms with Gasteiger partial charge in [-0.05, 0) is 31.0 Å². The molecule has 0 aliphatic rings. The maximum atomic E-state index is 12.0. The fourth-order valence-electron chi connectivity index (χ4n) is 1.84. The van der Waals surface area contributed by atoms with Crippen LogP contribution in [0.15, 0.2) is 35.4 Å². The fraction of sp³-hybridized carbons (Fsp3) is 0.333. The van der Waals surface area contributed by atoms with E-state index in [1.165, 1.54) is 4.88 Å². The van der Waals surface area contributed by atoms with E-state index in [0.717, 1.165) is 21.9 Å². The Hall–Kier alpha value is -1.33. The van der Waals surface area contributed by atoms with E-state index in [2.05, 4.69) is 29.9 Å². The lowest BCUT2D eigenvalue weighted by atomic mass is 10.1. The van der Waals surface area contributed by atoms with E-state index < -0.39 is 0 Å². The first kappa shape index (κ1) is 15.1. The summed E-state index contributed by atoms with van der Waals surface area (Å²) in [6, 6.07) is 7.58. The van der Waals surface area contributed by atoms with E-state index in [-0.39, 0.29) is 11.9 Å². The van der Waals surface area contributed by atoms with Gasteiger partial charge >= 0.3 is 0 Å². The minimum atomic E-state index is -0.0445. The summed E-state index contributed by atoms with van der Waals surface area (Å²) in [5.74, 6) is 0.0117. The van der Waals surface area contributed by atoms with Crippen LogP contribution in [0.1, 0.15) is 35.3 Å². The van der Waals surface area contributed by atoms with Gasteiger partial charge in [0.1, 0.15) is 5.01 Å². The molecule has 0 saturated carbocycles. The summed E-state index contributed by atoms with van der Waals surface area (Å²) in [4.78, 5) is 18.5. The number of hydrogen-bond donors (Lipinski definition) is 2. The predicted molar refractivity (Wildman–Crippen MR) is 85.4 cm³/mol. The number of thiol groups is 1. The summed E-state index contributed by atoms with van der Waals surface area (Å²) in [5.41, 5.74) is 0.987. The molecule has 1 heterocycles. The first-order valence-electron chi connectivity index (χ1n) is 6.60. The highest BCUT2D eigenvalue weighted by Gasteiger charge is 2.13. The van der Waals surface area contributed by atoms with E-state index in [1.54, 1.807) is 11.3 Å². The number of carbonyl (C=O) groups excluding carboxylic acids is 1. The SMILES string of the molecule is CCc1cnc(C(C)NC(=O)Cc2ccc(S)cc2)s1. The number of thiazole rings is 1. The van der Waals surface area contributed by atoms with E-state index >= 15 is 0 Å². The van der Waals surface area contributed by atoms with Gasteiger partial charge < -0.3 is 5.32 Å². The molecule has 0 aliphatic heterocycles. The molecular weight excluding hydrogens is 288 g/mol. The first-order valence-corrected chi connectivity index (χ1v) is 7.86. The first-order chi connectivity index (χ1) is 9.58. The number of aromatic nitrogens is 1. The second kappa shape index (κ2) is 6.90. The summed E-state index contributed by atoms with van der Waals surface area (Å²) in [5, 5.41) is 3.95. The number of benzene rings is 1. The molecule has 0 spiro atoms. The molecule has 1 amide bonds. The third-order valence-corrected chi connectivity index (χ3v) is 4.59. The molecule has 106 valence electrons. The lowest BCUT2D eigenvalue weighted by Gasteiger charge is -2.11. The smallest absolute Gasteiger partial charge is 0.224 e. The normalized spacial score (nSPS) is 12.2. The van der Waals surface area contributed by atoms with Crippen molar-refractivity contribution in [3.05, 3.63) is 45.9 Å². The highest BCUT2D eigenvalue weighted by atomic mass is 32.1. The second-order valence-corrected chi connectivity index (χ2v) is 6.31. The van der Waals surface area contributed by atoms with Crippen molar-refractivity contribution < 1.29 is 4.79 Å². The van der Waals surface area contributed by atoms with Crippen LogP contribution < -0.4 is 5.32 Å². The van der Waals surface area contributed by atoms with Crippen LogP contribution in [0.3, 0.4) is 0 Å². The Labute approximate surface area is 128 Å². The standard InChI is InChI=1S/C15H18N2OS2/c1-3-13-9-16-15(20-13)10(2)17-14(18)8-11-4-6-12(19)7-5-11/h4-7,9-10,19H,3,8H2,1-2H3,(H,17,18). The van der Waals surface area contributed by atoms with Gasteiger partial charge in [0.2, 0.25) is 5.91 Å². The zero-order valence-corrected chi connectivity index (χ0v) is 13.3. The molecule has 2 rings (SSSR count). The van der Waals surface area contributed by atoms with Gasteiger partial charge in [-0.1, -0.05) is 19.1 Å². The molecule has 1 N–H and O–H groups in total. The Morgan fingerprint density at radius 2 is 2.10 bits per heavy atom. The minimum absolute atomic E-state index is 0.0117. The molecule has 0 fully saturated rings. The summed E-state index contributed by atoms with van der Waals surface area (Å²) >= 11 is 5.88. The van der Waals surface area contributed by atoms with Crippen molar-refractivity contribution in [2.45, 2.75) is 37.6 Å². The largest absolute Gasteiger partial charge is 0.347 e. The third-order valence-electron chi connectivity index (χ3n) is 2.97. The molecule has 20 heavy (non-hydrogen) atoms. The Balaban J connectivity index is 1.92. The van der Waals surface area contributed by atoms with E-state index in [4.69, 9.17) is 0 Å². The van der Waals surface area contributed by atoms with E-state index in [1.807, 2.05) is 37.4 Å². The van der Waals surface area contributed by atoms with Crippen LogP contribution in [-0.4, -0.2) is 10.9 Å². The maximum absolute atomic E-state index is 12.0. The monoisotopic (exact) mass is 306 g/mol. The summed E-state index contributed by atoms with van der Waals surface area (Å²) in [7, 11) is 0. The molecule has 2 aromatic rings. The Morgan fingerprint density at radius 3 is 2.70 bits per heavy atom. The maximum Gasteiger partial charge on any atom is 0.224 e. The summed E-state index contributed by atoms with van der Waals surface area (Å²) in [6.45, 7) is 4.07. The number of aryl methyl sites for hydroxylation is 1. The number of hydrogen-bond acceptors (Lipinski definition) is 4. The van der Waals surface area contributed by atoms with Crippen molar-refractivity contribution in [1.82, 2.24) is 10.3 Å². The van der Waals surface area contributed by atoms with Gasteiger partial charge in [-0.15, -0.1) is 24.0 Å². The highest BCUT2D eigenvalue weighted by molar-refractivity contribution is 7.80. The van der Waals surface area contributed by atoms with Gasteiger partial charge in [0.15, 0.2) is 0 Å². The molecule has 1 aromatic heterocycles. The van der Waals surface area contributed by atoms with Crippen molar-refractivity contribution in [3.63, 3.8) is 0 Å². The Morgan fingerprint density at radius 1 is 1.40 bits per heavy atom. The molecule has 0 saturated heterocycles. The molecule has 1 atom stereocenters. The van der Waals surface area contributed by atoms with Crippen LogP contribution >= 0.6 is 24.0 Å². The summed E-state index contributed by atoms with van der Waals surface area (Å²) in [6.07, 6.45) is 3.24. The number of amides is 1. The number of nitrogens with one attached hydrogen (secondary N) is 1. The van der Waals surface area contributed by atoms with Gasteiger partial charge in [0.05, 0.1) is 12.5 Å².